The van der Waals surface area contributed by atoms with Crippen LogP contribution in [-0.2, 0) is 14.3 Å². The second kappa shape index (κ2) is 6.04. The smallest absolute Gasteiger partial charge is 0.330 e. The molecule has 0 saturated heterocycles. The molecule has 1 aliphatic heterocycles. The molecule has 0 aromatic heterocycles. The van der Waals surface area contributed by atoms with E-state index >= 15 is 0 Å². The Labute approximate surface area is 111 Å². The van der Waals surface area contributed by atoms with Gasteiger partial charge in [0, 0.05) is 12.6 Å². The number of anilines is 1. The highest BCUT2D eigenvalue weighted by molar-refractivity contribution is 5.98. The molecule has 1 heterocycles. The van der Waals surface area contributed by atoms with Crippen molar-refractivity contribution >= 4 is 17.6 Å². The zero-order chi connectivity index (χ0) is 13.7. The zero-order valence-corrected chi connectivity index (χ0v) is 10.7. The molecule has 0 N–H and O–H groups in total. The molecule has 0 fully saturated rings. The van der Waals surface area contributed by atoms with Crippen molar-refractivity contribution in [2.24, 2.45) is 0 Å². The van der Waals surface area contributed by atoms with E-state index in [9.17, 15) is 9.59 Å². The lowest BCUT2D eigenvalue weighted by molar-refractivity contribution is -0.137. The molecule has 0 bridgehead atoms. The van der Waals surface area contributed by atoms with Crippen LogP contribution in [0.25, 0.3) is 0 Å². The quantitative estimate of drug-likeness (QED) is 0.609. The fourth-order valence-corrected chi connectivity index (χ4v) is 1.80. The number of hydrogen-bond donors (Lipinski definition) is 0. The minimum absolute atomic E-state index is 0.0181. The number of esters is 1. The number of para-hydroxylation sites is 2. The van der Waals surface area contributed by atoms with E-state index in [1.54, 1.807) is 17.9 Å². The number of benzene rings is 1. The van der Waals surface area contributed by atoms with Gasteiger partial charge < -0.3 is 14.4 Å². The monoisotopic (exact) mass is 261 g/mol. The van der Waals surface area contributed by atoms with Crippen LogP contribution in [0.2, 0.25) is 0 Å². The standard InChI is InChI=1S/C14H15NO4/c1-2-18-14(17)8-5-9-15-11-6-3-4-7-12(11)19-10-13(15)16/h3-8H,2,9-10H2,1H3/b8-5+. The predicted octanol–water partition coefficient (Wildman–Crippen LogP) is 1.53. The van der Waals surface area contributed by atoms with Gasteiger partial charge in [0.05, 0.1) is 12.3 Å². The van der Waals surface area contributed by atoms with Crippen molar-refractivity contribution in [1.82, 2.24) is 0 Å². The molecule has 1 aromatic carbocycles. The molecule has 2 rings (SSSR count). The van der Waals surface area contributed by atoms with Crippen LogP contribution in [0.4, 0.5) is 5.69 Å². The first kappa shape index (κ1) is 13.1. The highest BCUT2D eigenvalue weighted by atomic mass is 16.5. The maximum absolute atomic E-state index is 11.8. The minimum Gasteiger partial charge on any atom is -0.482 e. The number of ether oxygens (including phenoxy) is 2. The summed E-state index contributed by atoms with van der Waals surface area (Å²) in [6, 6.07) is 7.30. The number of carbonyl (C=O) groups is 2. The summed E-state index contributed by atoms with van der Waals surface area (Å²) >= 11 is 0. The van der Waals surface area contributed by atoms with E-state index in [0.717, 1.165) is 0 Å². The SMILES string of the molecule is CCOC(=O)/C=C/CN1C(=O)COc2ccccc21. The fraction of sp³-hybridized carbons (Fsp3) is 0.286. The van der Waals surface area contributed by atoms with Crippen LogP contribution in [0.3, 0.4) is 0 Å². The largest absolute Gasteiger partial charge is 0.482 e. The second-order valence-electron chi connectivity index (χ2n) is 3.92. The van der Waals surface area contributed by atoms with Gasteiger partial charge in [-0.25, -0.2) is 4.79 Å². The van der Waals surface area contributed by atoms with Crippen LogP contribution < -0.4 is 9.64 Å². The van der Waals surface area contributed by atoms with Crippen LogP contribution in [0.15, 0.2) is 36.4 Å². The summed E-state index contributed by atoms with van der Waals surface area (Å²) in [4.78, 5) is 24.6. The molecular weight excluding hydrogens is 246 g/mol. The van der Waals surface area contributed by atoms with Crippen LogP contribution in [0.1, 0.15) is 6.92 Å². The number of hydrogen-bond acceptors (Lipinski definition) is 4. The topological polar surface area (TPSA) is 55.8 Å². The third kappa shape index (κ3) is 3.13. The summed E-state index contributed by atoms with van der Waals surface area (Å²) in [7, 11) is 0. The van der Waals surface area contributed by atoms with Crippen molar-refractivity contribution < 1.29 is 19.1 Å². The lowest BCUT2D eigenvalue weighted by atomic mass is 10.2. The molecule has 5 nitrogen and oxygen atoms in total. The molecule has 1 amide bonds. The molecular formula is C14H15NO4. The maximum atomic E-state index is 11.8. The Bertz CT molecular complexity index is 510. The lowest BCUT2D eigenvalue weighted by Crippen LogP contribution is -2.38. The van der Waals surface area contributed by atoms with Gasteiger partial charge in [0.25, 0.3) is 5.91 Å². The van der Waals surface area contributed by atoms with Crippen molar-refractivity contribution in [3.05, 3.63) is 36.4 Å². The van der Waals surface area contributed by atoms with E-state index in [4.69, 9.17) is 9.47 Å². The van der Waals surface area contributed by atoms with Gasteiger partial charge in [-0.15, -0.1) is 0 Å². The van der Waals surface area contributed by atoms with Gasteiger partial charge in [0.2, 0.25) is 0 Å². The van der Waals surface area contributed by atoms with Crippen molar-refractivity contribution in [3.8, 4) is 5.75 Å². The Morgan fingerprint density at radius 1 is 1.47 bits per heavy atom. The van der Waals surface area contributed by atoms with Gasteiger partial charge in [-0.3, -0.25) is 4.79 Å². The van der Waals surface area contributed by atoms with Crippen molar-refractivity contribution in [2.75, 3.05) is 24.7 Å². The first-order chi connectivity index (χ1) is 9.22. The van der Waals surface area contributed by atoms with Crippen molar-refractivity contribution in [1.29, 1.82) is 0 Å². The Kier molecular flexibility index (Phi) is 4.18. The van der Waals surface area contributed by atoms with E-state index in [0.29, 0.717) is 24.6 Å². The summed E-state index contributed by atoms with van der Waals surface area (Å²) in [6.45, 7) is 2.41. The van der Waals surface area contributed by atoms with E-state index in [1.165, 1.54) is 6.08 Å². The maximum Gasteiger partial charge on any atom is 0.330 e. The van der Waals surface area contributed by atoms with Gasteiger partial charge in [-0.05, 0) is 19.1 Å². The average molecular weight is 261 g/mol. The first-order valence-corrected chi connectivity index (χ1v) is 6.08. The highest BCUT2D eigenvalue weighted by Gasteiger charge is 2.23. The van der Waals surface area contributed by atoms with Gasteiger partial charge >= 0.3 is 5.97 Å². The Hall–Kier alpha value is -2.30. The number of carbonyl (C=O) groups excluding carboxylic acids is 2. The predicted molar refractivity (Wildman–Crippen MR) is 70.1 cm³/mol. The number of amides is 1. The van der Waals surface area contributed by atoms with Crippen LogP contribution in [-0.4, -0.2) is 31.6 Å². The Morgan fingerprint density at radius 2 is 2.26 bits per heavy atom. The average Bonchev–Trinajstić information content (AvgIpc) is 2.41. The van der Waals surface area contributed by atoms with Crippen molar-refractivity contribution in [3.63, 3.8) is 0 Å². The summed E-state index contributed by atoms with van der Waals surface area (Å²) in [5, 5.41) is 0. The molecule has 5 heteroatoms. The molecule has 0 saturated carbocycles. The molecule has 100 valence electrons. The van der Waals surface area contributed by atoms with Gasteiger partial charge in [0.1, 0.15) is 5.75 Å². The third-order valence-electron chi connectivity index (χ3n) is 2.64. The number of rotatable bonds is 4. The van der Waals surface area contributed by atoms with Gasteiger partial charge in [-0.1, -0.05) is 18.2 Å². The number of fused-ring (bicyclic) bond motifs is 1. The van der Waals surface area contributed by atoms with Crippen LogP contribution in [0, 0.1) is 0 Å². The third-order valence-corrected chi connectivity index (χ3v) is 2.64. The van der Waals surface area contributed by atoms with E-state index in [-0.39, 0.29) is 12.5 Å². The zero-order valence-electron chi connectivity index (χ0n) is 10.7. The molecule has 19 heavy (non-hydrogen) atoms. The molecule has 1 aliphatic rings. The van der Waals surface area contributed by atoms with Crippen LogP contribution in [0.5, 0.6) is 5.75 Å². The Balaban J connectivity index is 2.07. The van der Waals surface area contributed by atoms with E-state index < -0.39 is 5.97 Å². The molecule has 0 radical (unpaired) electrons. The van der Waals surface area contributed by atoms with Crippen molar-refractivity contribution in [2.45, 2.75) is 6.92 Å². The molecule has 0 aliphatic carbocycles. The minimum atomic E-state index is -0.406. The molecule has 0 atom stereocenters. The van der Waals surface area contributed by atoms with Crippen LogP contribution >= 0.6 is 0 Å². The summed E-state index contributed by atoms with van der Waals surface area (Å²) in [5.41, 5.74) is 0.715. The fourth-order valence-electron chi connectivity index (χ4n) is 1.80. The second-order valence-corrected chi connectivity index (χ2v) is 3.92. The summed E-state index contributed by atoms with van der Waals surface area (Å²) in [5.74, 6) is 0.135. The normalized spacial score (nSPS) is 14.2. The van der Waals surface area contributed by atoms with E-state index in [1.807, 2.05) is 24.3 Å². The molecule has 0 spiro atoms. The molecule has 1 aromatic rings. The lowest BCUT2D eigenvalue weighted by Gasteiger charge is -2.28. The highest BCUT2D eigenvalue weighted by Crippen LogP contribution is 2.31. The van der Waals surface area contributed by atoms with E-state index in [2.05, 4.69) is 0 Å². The van der Waals surface area contributed by atoms with Gasteiger partial charge in [0.15, 0.2) is 6.61 Å². The summed E-state index contributed by atoms with van der Waals surface area (Å²) in [6.07, 6.45) is 2.94. The summed E-state index contributed by atoms with van der Waals surface area (Å²) < 4.78 is 10.1. The number of nitrogens with zero attached hydrogens (tertiary/aromatic N) is 1. The first-order valence-electron chi connectivity index (χ1n) is 6.08. The van der Waals surface area contributed by atoms with Gasteiger partial charge in [-0.2, -0.15) is 0 Å². The Morgan fingerprint density at radius 3 is 3.05 bits per heavy atom. The molecule has 0 unspecified atom stereocenters.